The van der Waals surface area contributed by atoms with E-state index in [1.807, 2.05) is 24.3 Å². The summed E-state index contributed by atoms with van der Waals surface area (Å²) in [5.41, 5.74) is 6.75. The molecule has 6 N–H and O–H groups in total. The van der Waals surface area contributed by atoms with Crippen LogP contribution in [0.3, 0.4) is 0 Å². The first-order chi connectivity index (χ1) is 18.9. The fourth-order valence-corrected chi connectivity index (χ4v) is 5.26. The Morgan fingerprint density at radius 3 is 2.65 bits per heavy atom. The second kappa shape index (κ2) is 10.1. The van der Waals surface area contributed by atoms with E-state index in [9.17, 15) is 32.3 Å². The minimum Gasteiger partial charge on any atom is -0.395 e. The molecule has 0 aliphatic heterocycles. The summed E-state index contributed by atoms with van der Waals surface area (Å²) in [4.78, 5) is 28.4. The monoisotopic (exact) mass is 556 g/mol. The molecule has 3 aromatic rings. The van der Waals surface area contributed by atoms with Crippen molar-refractivity contribution < 1.29 is 32.3 Å². The number of nitrogens with two attached hydrogens (primary N) is 1. The number of aromatic nitrogens is 1. The van der Waals surface area contributed by atoms with Gasteiger partial charge in [0.05, 0.1) is 28.9 Å². The topological polar surface area (TPSA) is 120 Å². The molecule has 0 saturated heterocycles. The van der Waals surface area contributed by atoms with Gasteiger partial charge >= 0.3 is 6.18 Å². The first-order valence-electron chi connectivity index (χ1n) is 12.8. The lowest BCUT2D eigenvalue weighted by molar-refractivity contribution is -0.137. The number of carbonyl (C=O) groups excluding carboxylic acids is 2. The highest BCUT2D eigenvalue weighted by molar-refractivity contribution is 6.10. The molecule has 1 saturated carbocycles. The number of amides is 2. The van der Waals surface area contributed by atoms with Crippen molar-refractivity contribution in [2.45, 2.75) is 37.4 Å². The molecule has 3 unspecified atom stereocenters. The number of alkyl halides is 3. The van der Waals surface area contributed by atoms with E-state index in [2.05, 4.69) is 15.6 Å². The zero-order valence-corrected chi connectivity index (χ0v) is 21.5. The molecule has 0 radical (unpaired) electrons. The van der Waals surface area contributed by atoms with Crippen molar-refractivity contribution in [3.05, 3.63) is 82.8 Å². The summed E-state index contributed by atoms with van der Waals surface area (Å²) in [6, 6.07) is 7.75. The van der Waals surface area contributed by atoms with E-state index in [1.54, 1.807) is 19.1 Å². The normalized spacial score (nSPS) is 22.2. The highest BCUT2D eigenvalue weighted by Gasteiger charge is 2.47. The third kappa shape index (κ3) is 5.21. The summed E-state index contributed by atoms with van der Waals surface area (Å²) in [7, 11) is 0. The number of hydrogen-bond donors (Lipinski definition) is 5. The van der Waals surface area contributed by atoms with E-state index in [0.29, 0.717) is 35.8 Å². The van der Waals surface area contributed by atoms with Crippen LogP contribution in [0.5, 0.6) is 0 Å². The van der Waals surface area contributed by atoms with Crippen LogP contribution in [0.15, 0.2) is 54.6 Å². The minimum absolute atomic E-state index is 0.0681. The third-order valence-corrected chi connectivity index (χ3v) is 7.43. The molecule has 40 heavy (non-hydrogen) atoms. The molecule has 1 aromatic heterocycles. The van der Waals surface area contributed by atoms with Gasteiger partial charge in [-0.15, -0.1) is 0 Å². The number of rotatable bonds is 8. The van der Waals surface area contributed by atoms with Gasteiger partial charge in [0.2, 0.25) is 5.91 Å². The number of anilines is 1. The van der Waals surface area contributed by atoms with Gasteiger partial charge in [-0.2, -0.15) is 13.2 Å². The first-order valence-corrected chi connectivity index (χ1v) is 12.8. The molecule has 1 heterocycles. The average Bonchev–Trinajstić information content (AvgIpc) is 3.60. The van der Waals surface area contributed by atoms with E-state index in [4.69, 9.17) is 5.73 Å². The van der Waals surface area contributed by atoms with Crippen LogP contribution < -0.4 is 16.4 Å². The highest BCUT2D eigenvalue weighted by atomic mass is 19.4. The number of hydrogen-bond acceptors (Lipinski definition) is 4. The smallest absolute Gasteiger partial charge is 0.395 e. The standard InChI is InChI=1S/C29H28F4N4O3/c1-28(37-27(40)20-14-18(20)19-13-16(29(31,32)33)5-6-21(19)30)9-7-15(8-10-28)23-17-3-2-4-22(35-11-12-38)24(17)36-25(23)26(34)39/h2-9,13,18,20,35-36,38H,10-12,14H2,1H3,(H2,34,39)(H,37,40). The van der Waals surface area contributed by atoms with Crippen LogP contribution >= 0.6 is 0 Å². The molecule has 0 bridgehead atoms. The zero-order valence-electron chi connectivity index (χ0n) is 21.5. The molecule has 7 nitrogen and oxygen atoms in total. The van der Waals surface area contributed by atoms with Crippen LogP contribution in [-0.4, -0.2) is 40.6 Å². The third-order valence-electron chi connectivity index (χ3n) is 7.43. The van der Waals surface area contributed by atoms with Gasteiger partial charge in [0, 0.05) is 23.4 Å². The Bertz CT molecular complexity index is 1560. The van der Waals surface area contributed by atoms with Crippen LogP contribution in [0.4, 0.5) is 23.2 Å². The van der Waals surface area contributed by atoms with Gasteiger partial charge < -0.3 is 26.5 Å². The van der Waals surface area contributed by atoms with E-state index < -0.39 is 40.8 Å². The molecule has 5 rings (SSSR count). The Labute approximate surface area is 227 Å². The molecule has 0 spiro atoms. The number of halogens is 4. The Balaban J connectivity index is 1.33. The fraction of sp³-hybridized carbons (Fsp3) is 0.310. The maximum atomic E-state index is 14.3. The lowest BCUT2D eigenvalue weighted by atomic mass is 9.87. The number of primary amides is 1. The van der Waals surface area contributed by atoms with Crippen molar-refractivity contribution in [1.29, 1.82) is 0 Å². The summed E-state index contributed by atoms with van der Waals surface area (Å²) >= 11 is 0. The van der Waals surface area contributed by atoms with Crippen LogP contribution in [0, 0.1) is 11.7 Å². The Morgan fingerprint density at radius 1 is 1.23 bits per heavy atom. The number of para-hydroxylation sites is 1. The summed E-state index contributed by atoms with van der Waals surface area (Å²) in [6.07, 6.45) is 1.47. The zero-order chi connectivity index (χ0) is 28.8. The Morgan fingerprint density at radius 2 is 2.00 bits per heavy atom. The molecule has 11 heteroatoms. The van der Waals surface area contributed by atoms with Crippen molar-refractivity contribution in [1.82, 2.24) is 10.3 Å². The second-order valence-corrected chi connectivity index (χ2v) is 10.4. The SMILES string of the molecule is CC1(NC(=O)C2CC2c2cc(C(F)(F)F)ccc2F)C=CC(c2c(C(N)=O)[nH]c3c(NCCO)cccc23)=CC1. The van der Waals surface area contributed by atoms with Gasteiger partial charge in [-0.05, 0) is 61.1 Å². The molecule has 210 valence electrons. The number of aliphatic hydroxyl groups is 1. The average molecular weight is 557 g/mol. The highest BCUT2D eigenvalue weighted by Crippen LogP contribution is 2.50. The number of aromatic amines is 1. The second-order valence-electron chi connectivity index (χ2n) is 10.4. The van der Waals surface area contributed by atoms with Gasteiger partial charge in [0.25, 0.3) is 5.91 Å². The molecule has 2 aromatic carbocycles. The fourth-order valence-electron chi connectivity index (χ4n) is 5.26. The predicted molar refractivity (Wildman–Crippen MR) is 143 cm³/mol. The summed E-state index contributed by atoms with van der Waals surface area (Å²) in [6.45, 7) is 2.06. The van der Waals surface area contributed by atoms with Crippen LogP contribution in [0.25, 0.3) is 16.5 Å². The predicted octanol–water partition coefficient (Wildman–Crippen LogP) is 4.85. The number of allylic oxidation sites excluding steroid dienone is 2. The van der Waals surface area contributed by atoms with Gasteiger partial charge in [0.1, 0.15) is 11.5 Å². The molecule has 2 amide bonds. The number of carbonyl (C=O) groups is 2. The molecular weight excluding hydrogens is 528 g/mol. The summed E-state index contributed by atoms with van der Waals surface area (Å²) < 4.78 is 53.6. The number of H-pyrrole nitrogens is 1. The molecule has 2 aliphatic rings. The van der Waals surface area contributed by atoms with Crippen molar-refractivity contribution in [3.8, 4) is 0 Å². The molecule has 3 atom stereocenters. The van der Waals surface area contributed by atoms with Gasteiger partial charge in [-0.3, -0.25) is 9.59 Å². The maximum Gasteiger partial charge on any atom is 0.416 e. The van der Waals surface area contributed by atoms with E-state index in [0.717, 1.165) is 23.1 Å². The number of aliphatic hydroxyl groups excluding tert-OH is 1. The largest absolute Gasteiger partial charge is 0.416 e. The number of fused-ring (bicyclic) bond motifs is 1. The molecule has 2 aliphatic carbocycles. The molecule has 1 fully saturated rings. The maximum absolute atomic E-state index is 14.3. The lowest BCUT2D eigenvalue weighted by Gasteiger charge is -2.29. The van der Waals surface area contributed by atoms with Crippen LogP contribution in [-0.2, 0) is 11.0 Å². The van der Waals surface area contributed by atoms with E-state index in [1.165, 1.54) is 0 Å². The quantitative estimate of drug-likeness (QED) is 0.255. The van der Waals surface area contributed by atoms with Crippen molar-refractivity contribution in [2.24, 2.45) is 11.7 Å². The number of nitrogens with one attached hydrogen (secondary N) is 3. The Kier molecular flexibility index (Phi) is 6.95. The van der Waals surface area contributed by atoms with Gasteiger partial charge in [0.15, 0.2) is 0 Å². The van der Waals surface area contributed by atoms with Crippen molar-refractivity contribution in [2.75, 3.05) is 18.5 Å². The Hall–Kier alpha value is -4.12. The van der Waals surface area contributed by atoms with E-state index in [-0.39, 0.29) is 30.2 Å². The lowest BCUT2D eigenvalue weighted by Crippen LogP contribution is -2.45. The van der Waals surface area contributed by atoms with Crippen LogP contribution in [0.1, 0.15) is 52.9 Å². The van der Waals surface area contributed by atoms with Crippen molar-refractivity contribution in [3.63, 3.8) is 0 Å². The first kappa shape index (κ1) is 27.4. The van der Waals surface area contributed by atoms with E-state index >= 15 is 0 Å². The van der Waals surface area contributed by atoms with Gasteiger partial charge in [-0.25, -0.2) is 4.39 Å². The number of benzene rings is 2. The molecular formula is C29H28F4N4O3. The van der Waals surface area contributed by atoms with Crippen LogP contribution in [0.2, 0.25) is 0 Å². The summed E-state index contributed by atoms with van der Waals surface area (Å²) in [5, 5.41) is 16.0. The van der Waals surface area contributed by atoms with Gasteiger partial charge in [-0.1, -0.05) is 30.4 Å². The minimum atomic E-state index is -4.60. The van der Waals surface area contributed by atoms with Crippen molar-refractivity contribution >= 4 is 34.0 Å². The summed E-state index contributed by atoms with van der Waals surface area (Å²) in [5.74, 6) is -3.02.